The van der Waals surface area contributed by atoms with E-state index in [1.54, 1.807) is 0 Å². The van der Waals surface area contributed by atoms with Gasteiger partial charge in [0.05, 0.1) is 13.2 Å². The van der Waals surface area contributed by atoms with Crippen molar-refractivity contribution in [3.8, 4) is 0 Å². The van der Waals surface area contributed by atoms with Gasteiger partial charge in [-0.05, 0) is 38.5 Å². The van der Waals surface area contributed by atoms with Crippen molar-refractivity contribution >= 4 is 23.9 Å². The maximum Gasteiger partial charge on any atom is 0.305 e. The molecule has 0 bridgehead atoms. The molecular weight excluding hydrogens is 560 g/mol. The highest BCUT2D eigenvalue weighted by molar-refractivity contribution is 5.69. The van der Waals surface area contributed by atoms with Gasteiger partial charge in [-0.2, -0.15) is 0 Å². The van der Waals surface area contributed by atoms with Crippen molar-refractivity contribution in [2.45, 2.75) is 194 Å². The van der Waals surface area contributed by atoms with Gasteiger partial charge in [-0.25, -0.2) is 0 Å². The quantitative estimate of drug-likeness (QED) is 0.0556. The zero-order chi connectivity index (χ0) is 32.9. The number of unbranched alkanes of at least 4 members (excludes halogenated alkanes) is 20. The van der Waals surface area contributed by atoms with E-state index >= 15 is 0 Å². The summed E-state index contributed by atoms with van der Waals surface area (Å²) in [7, 11) is 0. The van der Waals surface area contributed by atoms with Gasteiger partial charge in [0, 0.05) is 25.7 Å². The second-order valence-corrected chi connectivity index (χ2v) is 12.0. The minimum Gasteiger partial charge on any atom is -0.481 e. The summed E-state index contributed by atoms with van der Waals surface area (Å²) in [6, 6.07) is 0. The molecule has 0 aliphatic heterocycles. The fourth-order valence-corrected chi connectivity index (χ4v) is 4.79. The number of esters is 2. The summed E-state index contributed by atoms with van der Waals surface area (Å²) in [4.78, 5) is 43.7. The van der Waals surface area contributed by atoms with E-state index in [-0.39, 0.29) is 24.8 Å². The van der Waals surface area contributed by atoms with Gasteiger partial charge < -0.3 is 19.7 Å². The lowest BCUT2D eigenvalue weighted by atomic mass is 10.1. The molecule has 0 aliphatic rings. The monoisotopic (exact) mass is 628 g/mol. The third kappa shape index (κ3) is 42.0. The Hall–Kier alpha value is -2.12. The van der Waals surface area contributed by atoms with Gasteiger partial charge in [-0.3, -0.25) is 19.2 Å². The van der Waals surface area contributed by atoms with E-state index in [1.807, 2.05) is 0 Å². The van der Waals surface area contributed by atoms with Crippen LogP contribution in [0.2, 0.25) is 0 Å². The van der Waals surface area contributed by atoms with Crippen molar-refractivity contribution in [1.82, 2.24) is 0 Å². The standard InChI is InChI=1S/C26H50O4.C10H18O4/c1-3-5-7-9-15-19-23-29-25(27)21-17-13-11-12-14-18-22-26(28)30-24-20-16-10-8-6-4-2;11-9(12)7-5-3-1-2-4-6-8-10(13)14/h3-24H2,1-2H3;1-8H2,(H,11,12)(H,13,14). The maximum atomic E-state index is 11.7. The zero-order valence-corrected chi connectivity index (χ0v) is 28.6. The molecule has 2 N–H and O–H groups in total. The molecule has 0 heterocycles. The SMILES string of the molecule is CCCCCCCCOC(=O)CCCCCCCCC(=O)OCCCCCCCC.O=C(O)CCCCCCCCC(=O)O. The molecule has 0 unspecified atom stereocenters. The molecule has 0 aromatic carbocycles. The van der Waals surface area contributed by atoms with Crippen molar-refractivity contribution in [3.05, 3.63) is 0 Å². The lowest BCUT2D eigenvalue weighted by Gasteiger charge is -2.06. The van der Waals surface area contributed by atoms with E-state index in [2.05, 4.69) is 13.8 Å². The van der Waals surface area contributed by atoms with Crippen LogP contribution in [0.4, 0.5) is 0 Å². The number of carbonyl (C=O) groups is 4. The van der Waals surface area contributed by atoms with Crippen LogP contribution in [0.15, 0.2) is 0 Å². The van der Waals surface area contributed by atoms with Crippen molar-refractivity contribution in [3.63, 3.8) is 0 Å². The van der Waals surface area contributed by atoms with Crippen LogP contribution in [0.3, 0.4) is 0 Å². The molecule has 0 amide bonds. The van der Waals surface area contributed by atoms with E-state index in [9.17, 15) is 19.2 Å². The lowest BCUT2D eigenvalue weighted by Crippen LogP contribution is -2.06. The third-order valence-electron chi connectivity index (χ3n) is 7.56. The number of hydrogen-bond acceptors (Lipinski definition) is 6. The number of ether oxygens (including phenoxy) is 2. The van der Waals surface area contributed by atoms with E-state index < -0.39 is 11.9 Å². The highest BCUT2D eigenvalue weighted by atomic mass is 16.5. The van der Waals surface area contributed by atoms with Crippen molar-refractivity contribution in [2.75, 3.05) is 13.2 Å². The first-order chi connectivity index (χ1) is 21.3. The number of carboxylic acids is 2. The van der Waals surface area contributed by atoms with Crippen LogP contribution in [0.1, 0.15) is 194 Å². The topological polar surface area (TPSA) is 127 Å². The molecule has 8 heteroatoms. The van der Waals surface area contributed by atoms with Gasteiger partial charge in [-0.1, -0.05) is 129 Å². The number of rotatable bonds is 32. The predicted octanol–water partition coefficient (Wildman–Crippen LogP) is 10.2. The molecule has 260 valence electrons. The molecular formula is C36H68O8. The van der Waals surface area contributed by atoms with Crippen LogP contribution >= 0.6 is 0 Å². The summed E-state index contributed by atoms with van der Waals surface area (Å²) in [6.45, 7) is 5.60. The summed E-state index contributed by atoms with van der Waals surface area (Å²) < 4.78 is 10.6. The van der Waals surface area contributed by atoms with E-state index in [0.717, 1.165) is 89.9 Å². The molecule has 0 radical (unpaired) electrons. The Bertz CT molecular complexity index is 609. The van der Waals surface area contributed by atoms with Gasteiger partial charge >= 0.3 is 23.9 Å². The third-order valence-corrected chi connectivity index (χ3v) is 7.56. The number of carboxylic acid groups (broad SMARTS) is 2. The molecule has 0 atom stereocenters. The van der Waals surface area contributed by atoms with Crippen molar-refractivity contribution in [2.24, 2.45) is 0 Å². The second-order valence-electron chi connectivity index (χ2n) is 12.0. The number of hydrogen-bond donors (Lipinski definition) is 2. The van der Waals surface area contributed by atoms with Gasteiger partial charge in [0.25, 0.3) is 0 Å². The number of aliphatic carboxylic acids is 2. The first-order valence-electron chi connectivity index (χ1n) is 18.1. The van der Waals surface area contributed by atoms with Crippen LogP contribution < -0.4 is 0 Å². The largest absolute Gasteiger partial charge is 0.481 e. The summed E-state index contributed by atoms with van der Waals surface area (Å²) >= 11 is 0. The minimum absolute atomic E-state index is 0.0448. The molecule has 0 aromatic rings. The Balaban J connectivity index is 0. The minimum atomic E-state index is -0.740. The van der Waals surface area contributed by atoms with Crippen LogP contribution in [0.25, 0.3) is 0 Å². The Kier molecular flexibility index (Phi) is 37.1. The van der Waals surface area contributed by atoms with Gasteiger partial charge in [0.15, 0.2) is 0 Å². The molecule has 0 rings (SSSR count). The first kappa shape index (κ1) is 44.0. The summed E-state index contributed by atoms with van der Waals surface area (Å²) in [5.74, 6) is -1.57. The van der Waals surface area contributed by atoms with Crippen molar-refractivity contribution < 1.29 is 38.9 Å². The molecule has 44 heavy (non-hydrogen) atoms. The van der Waals surface area contributed by atoms with Gasteiger partial charge in [0.1, 0.15) is 0 Å². The summed E-state index contributed by atoms with van der Waals surface area (Å²) in [5.41, 5.74) is 0. The molecule has 0 aliphatic carbocycles. The number of carbonyl (C=O) groups excluding carboxylic acids is 2. The molecule has 0 aromatic heterocycles. The fourth-order valence-electron chi connectivity index (χ4n) is 4.79. The Morgan fingerprint density at radius 3 is 0.909 bits per heavy atom. The average Bonchev–Trinajstić information content (AvgIpc) is 2.99. The van der Waals surface area contributed by atoms with Gasteiger partial charge in [-0.15, -0.1) is 0 Å². The smallest absolute Gasteiger partial charge is 0.305 e. The Morgan fingerprint density at radius 2 is 0.614 bits per heavy atom. The van der Waals surface area contributed by atoms with E-state index in [0.29, 0.717) is 26.1 Å². The maximum absolute atomic E-state index is 11.7. The Morgan fingerprint density at radius 1 is 0.364 bits per heavy atom. The predicted molar refractivity (Wildman–Crippen MR) is 178 cm³/mol. The highest BCUT2D eigenvalue weighted by Crippen LogP contribution is 2.11. The average molecular weight is 629 g/mol. The molecule has 0 fully saturated rings. The summed E-state index contributed by atoms with van der Waals surface area (Å²) in [6.07, 6.45) is 27.7. The zero-order valence-electron chi connectivity index (χ0n) is 28.6. The van der Waals surface area contributed by atoms with Crippen LogP contribution in [-0.4, -0.2) is 47.3 Å². The van der Waals surface area contributed by atoms with Crippen LogP contribution in [0, 0.1) is 0 Å². The highest BCUT2D eigenvalue weighted by Gasteiger charge is 2.04. The first-order valence-corrected chi connectivity index (χ1v) is 18.1. The Labute approximate surface area is 269 Å². The molecule has 0 saturated carbocycles. The van der Waals surface area contributed by atoms with E-state index in [4.69, 9.17) is 19.7 Å². The molecule has 0 saturated heterocycles. The summed E-state index contributed by atoms with van der Waals surface area (Å²) in [5, 5.41) is 16.7. The van der Waals surface area contributed by atoms with Crippen molar-refractivity contribution in [1.29, 1.82) is 0 Å². The molecule has 8 nitrogen and oxygen atoms in total. The normalized spacial score (nSPS) is 10.6. The van der Waals surface area contributed by atoms with E-state index in [1.165, 1.54) is 64.2 Å². The molecule has 0 spiro atoms. The van der Waals surface area contributed by atoms with Crippen LogP contribution in [-0.2, 0) is 28.7 Å². The van der Waals surface area contributed by atoms with Crippen LogP contribution in [0.5, 0.6) is 0 Å². The second kappa shape index (κ2) is 37.1. The lowest BCUT2D eigenvalue weighted by molar-refractivity contribution is -0.144. The van der Waals surface area contributed by atoms with Gasteiger partial charge in [0.2, 0.25) is 0 Å². The fraction of sp³-hybridized carbons (Fsp3) is 0.889.